The molecule has 0 aliphatic rings. The summed E-state index contributed by atoms with van der Waals surface area (Å²) in [6, 6.07) is 13.3. The van der Waals surface area contributed by atoms with Crippen LogP contribution >= 0.6 is 0 Å². The number of rotatable bonds is 4. The summed E-state index contributed by atoms with van der Waals surface area (Å²) in [5, 5.41) is 18.7. The van der Waals surface area contributed by atoms with E-state index in [1.807, 2.05) is 30.3 Å². The van der Waals surface area contributed by atoms with Gasteiger partial charge in [0.1, 0.15) is 11.3 Å². The Labute approximate surface area is 115 Å². The molecule has 0 fully saturated rings. The van der Waals surface area contributed by atoms with Gasteiger partial charge >= 0.3 is 5.97 Å². The maximum Gasteiger partial charge on any atom is 0.339 e. The van der Waals surface area contributed by atoms with Crippen LogP contribution in [0.3, 0.4) is 0 Å². The minimum Gasteiger partial charge on any atom is -0.506 e. The van der Waals surface area contributed by atoms with Gasteiger partial charge in [-0.1, -0.05) is 42.5 Å². The Morgan fingerprint density at radius 3 is 2.20 bits per heavy atom. The number of ketones is 1. The second-order valence-electron chi connectivity index (χ2n) is 4.12. The first-order chi connectivity index (χ1) is 9.59. The highest BCUT2D eigenvalue weighted by molar-refractivity contribution is 6.10. The van der Waals surface area contributed by atoms with Gasteiger partial charge in [-0.25, -0.2) is 4.79 Å². The zero-order valence-corrected chi connectivity index (χ0v) is 10.5. The monoisotopic (exact) mass is 268 g/mol. The second-order valence-corrected chi connectivity index (χ2v) is 4.12. The molecule has 2 aromatic rings. The van der Waals surface area contributed by atoms with Crippen molar-refractivity contribution in [3.63, 3.8) is 0 Å². The first-order valence-electron chi connectivity index (χ1n) is 5.92. The molecule has 0 amide bonds. The van der Waals surface area contributed by atoms with Crippen LogP contribution in [-0.2, 0) is 0 Å². The van der Waals surface area contributed by atoms with Crippen LogP contribution < -0.4 is 0 Å². The molecule has 0 atom stereocenters. The van der Waals surface area contributed by atoms with E-state index in [2.05, 4.69) is 0 Å². The molecular weight excluding hydrogens is 256 g/mol. The number of para-hydroxylation sites is 1. The molecule has 2 aromatic carbocycles. The van der Waals surface area contributed by atoms with Crippen LogP contribution in [-0.4, -0.2) is 22.0 Å². The van der Waals surface area contributed by atoms with Crippen molar-refractivity contribution >= 4 is 17.8 Å². The van der Waals surface area contributed by atoms with Crippen molar-refractivity contribution < 1.29 is 19.8 Å². The summed E-state index contributed by atoms with van der Waals surface area (Å²) in [7, 11) is 0. The van der Waals surface area contributed by atoms with Crippen LogP contribution in [0.15, 0.2) is 54.6 Å². The molecule has 0 heterocycles. The molecule has 4 nitrogen and oxygen atoms in total. The summed E-state index contributed by atoms with van der Waals surface area (Å²) in [4.78, 5) is 22.9. The average Bonchev–Trinajstić information content (AvgIpc) is 2.46. The van der Waals surface area contributed by atoms with E-state index in [9.17, 15) is 14.7 Å². The van der Waals surface area contributed by atoms with Crippen LogP contribution in [0.4, 0.5) is 0 Å². The molecule has 0 aromatic heterocycles. The summed E-state index contributed by atoms with van der Waals surface area (Å²) in [6.07, 6.45) is 2.91. The Morgan fingerprint density at radius 1 is 0.900 bits per heavy atom. The van der Waals surface area contributed by atoms with Gasteiger partial charge in [-0.05, 0) is 23.8 Å². The van der Waals surface area contributed by atoms with Crippen LogP contribution in [0, 0.1) is 0 Å². The Morgan fingerprint density at radius 2 is 1.55 bits per heavy atom. The van der Waals surface area contributed by atoms with E-state index in [4.69, 9.17) is 5.11 Å². The lowest BCUT2D eigenvalue weighted by Crippen LogP contribution is -2.02. The third-order valence-electron chi connectivity index (χ3n) is 2.76. The van der Waals surface area contributed by atoms with Gasteiger partial charge in [0.05, 0.1) is 5.56 Å². The van der Waals surface area contributed by atoms with Crippen LogP contribution in [0.2, 0.25) is 0 Å². The van der Waals surface area contributed by atoms with E-state index in [1.54, 1.807) is 6.08 Å². The Hall–Kier alpha value is -2.88. The van der Waals surface area contributed by atoms with Crippen LogP contribution in [0.25, 0.3) is 6.08 Å². The molecule has 4 heteroatoms. The van der Waals surface area contributed by atoms with E-state index < -0.39 is 17.5 Å². The maximum atomic E-state index is 12.0. The highest BCUT2D eigenvalue weighted by Crippen LogP contribution is 2.23. The number of hydrogen-bond acceptors (Lipinski definition) is 3. The van der Waals surface area contributed by atoms with E-state index in [0.717, 1.165) is 5.56 Å². The number of aromatic hydroxyl groups is 1. The number of benzene rings is 2. The number of hydrogen-bond donors (Lipinski definition) is 2. The van der Waals surface area contributed by atoms with Crippen molar-refractivity contribution in [2.45, 2.75) is 0 Å². The lowest BCUT2D eigenvalue weighted by atomic mass is 10.0. The highest BCUT2D eigenvalue weighted by atomic mass is 16.4. The quantitative estimate of drug-likeness (QED) is 0.660. The fourth-order valence-electron chi connectivity index (χ4n) is 1.74. The minimum atomic E-state index is -1.27. The summed E-state index contributed by atoms with van der Waals surface area (Å²) in [5.41, 5.74) is 0.524. The van der Waals surface area contributed by atoms with Crippen molar-refractivity contribution in [1.29, 1.82) is 0 Å². The number of carbonyl (C=O) groups is 2. The zero-order chi connectivity index (χ0) is 14.5. The van der Waals surface area contributed by atoms with Crippen LogP contribution in [0.5, 0.6) is 5.75 Å². The van der Waals surface area contributed by atoms with E-state index in [1.165, 1.54) is 24.3 Å². The van der Waals surface area contributed by atoms with Crippen molar-refractivity contribution in [3.8, 4) is 5.75 Å². The lowest BCUT2D eigenvalue weighted by Gasteiger charge is -2.03. The zero-order valence-electron chi connectivity index (χ0n) is 10.5. The van der Waals surface area contributed by atoms with E-state index in [-0.39, 0.29) is 11.1 Å². The summed E-state index contributed by atoms with van der Waals surface area (Å²) in [6.45, 7) is 0. The SMILES string of the molecule is O=C(O)c1cccc(C(=O)/C=C/c2ccccc2)c1O. The molecule has 0 unspecified atom stereocenters. The number of phenols is 1. The fraction of sp³-hybridized carbons (Fsp3) is 0. The summed E-state index contributed by atoms with van der Waals surface area (Å²) >= 11 is 0. The van der Waals surface area contributed by atoms with Gasteiger partial charge in [-0.15, -0.1) is 0 Å². The molecule has 0 bridgehead atoms. The summed E-state index contributed by atoms with van der Waals surface area (Å²) in [5.74, 6) is -2.23. The van der Waals surface area contributed by atoms with Crippen molar-refractivity contribution in [3.05, 3.63) is 71.3 Å². The lowest BCUT2D eigenvalue weighted by molar-refractivity contribution is 0.0693. The van der Waals surface area contributed by atoms with Crippen molar-refractivity contribution in [1.82, 2.24) is 0 Å². The van der Waals surface area contributed by atoms with Gasteiger partial charge in [0.15, 0.2) is 5.78 Å². The maximum absolute atomic E-state index is 12.0. The molecular formula is C16H12O4. The van der Waals surface area contributed by atoms with Gasteiger partial charge in [-0.3, -0.25) is 4.79 Å². The molecule has 100 valence electrons. The van der Waals surface area contributed by atoms with Crippen molar-refractivity contribution in [2.24, 2.45) is 0 Å². The molecule has 0 saturated carbocycles. The third-order valence-corrected chi connectivity index (χ3v) is 2.76. The molecule has 20 heavy (non-hydrogen) atoms. The molecule has 0 radical (unpaired) electrons. The van der Waals surface area contributed by atoms with Gasteiger partial charge in [0, 0.05) is 0 Å². The number of carbonyl (C=O) groups excluding carboxylic acids is 1. The molecule has 0 spiro atoms. The van der Waals surface area contributed by atoms with Gasteiger partial charge in [-0.2, -0.15) is 0 Å². The predicted octanol–water partition coefficient (Wildman–Crippen LogP) is 2.99. The van der Waals surface area contributed by atoms with E-state index in [0.29, 0.717) is 0 Å². The normalized spacial score (nSPS) is 10.6. The Balaban J connectivity index is 2.28. The first-order valence-corrected chi connectivity index (χ1v) is 5.92. The Kier molecular flexibility index (Phi) is 3.96. The third kappa shape index (κ3) is 2.92. The van der Waals surface area contributed by atoms with Gasteiger partial charge in [0.25, 0.3) is 0 Å². The smallest absolute Gasteiger partial charge is 0.339 e. The molecule has 0 aliphatic heterocycles. The average molecular weight is 268 g/mol. The highest BCUT2D eigenvalue weighted by Gasteiger charge is 2.16. The topological polar surface area (TPSA) is 74.6 Å². The Bertz CT molecular complexity index is 672. The van der Waals surface area contributed by atoms with Crippen LogP contribution in [0.1, 0.15) is 26.3 Å². The fourth-order valence-corrected chi connectivity index (χ4v) is 1.74. The largest absolute Gasteiger partial charge is 0.506 e. The van der Waals surface area contributed by atoms with Gasteiger partial charge < -0.3 is 10.2 Å². The molecule has 0 aliphatic carbocycles. The predicted molar refractivity (Wildman–Crippen MR) is 74.9 cm³/mol. The molecule has 0 saturated heterocycles. The number of aromatic carboxylic acids is 1. The number of carboxylic acid groups (broad SMARTS) is 1. The van der Waals surface area contributed by atoms with Gasteiger partial charge in [0.2, 0.25) is 0 Å². The molecule has 2 rings (SSSR count). The number of carboxylic acids is 1. The first kappa shape index (κ1) is 13.5. The second kappa shape index (κ2) is 5.84. The minimum absolute atomic E-state index is 0.0305. The van der Waals surface area contributed by atoms with Crippen molar-refractivity contribution in [2.75, 3.05) is 0 Å². The molecule has 2 N–H and O–H groups in total. The van der Waals surface area contributed by atoms with E-state index >= 15 is 0 Å². The number of allylic oxidation sites excluding steroid dienone is 1. The standard InChI is InChI=1S/C16H12O4/c17-14(10-9-11-5-2-1-3-6-11)12-7-4-8-13(15(12)18)16(19)20/h1-10,18H,(H,19,20)/b10-9+. The summed E-state index contributed by atoms with van der Waals surface area (Å²) < 4.78 is 0.